The first-order valence-corrected chi connectivity index (χ1v) is 7.18. The predicted molar refractivity (Wildman–Crippen MR) is 74.0 cm³/mol. The highest BCUT2D eigenvalue weighted by atomic mass is 32.1. The number of carbonyl (C=O) groups is 1. The van der Waals surface area contributed by atoms with Crippen molar-refractivity contribution in [2.45, 2.75) is 39.2 Å². The van der Waals surface area contributed by atoms with Gasteiger partial charge in [-0.2, -0.15) is 0 Å². The van der Waals surface area contributed by atoms with Gasteiger partial charge in [0.1, 0.15) is 5.60 Å². The molecule has 1 aromatic heterocycles. The third-order valence-corrected chi connectivity index (χ3v) is 4.18. The van der Waals surface area contributed by atoms with Gasteiger partial charge in [0, 0.05) is 28.8 Å². The zero-order chi connectivity index (χ0) is 13.3. The lowest BCUT2D eigenvalue weighted by Gasteiger charge is -2.24. The highest BCUT2D eigenvalue weighted by Crippen LogP contribution is 2.34. The lowest BCUT2D eigenvalue weighted by atomic mass is 9.94. The van der Waals surface area contributed by atoms with E-state index in [1.807, 2.05) is 20.8 Å². The van der Waals surface area contributed by atoms with Gasteiger partial charge in [0.25, 0.3) is 0 Å². The van der Waals surface area contributed by atoms with Crippen LogP contribution in [0.3, 0.4) is 0 Å². The molecule has 2 atom stereocenters. The minimum atomic E-state index is -0.407. The van der Waals surface area contributed by atoms with Crippen molar-refractivity contribution >= 4 is 17.3 Å². The van der Waals surface area contributed by atoms with E-state index in [1.54, 1.807) is 11.3 Å². The van der Waals surface area contributed by atoms with E-state index in [9.17, 15) is 4.79 Å². The number of ether oxygens (including phenoxy) is 1. The van der Waals surface area contributed by atoms with Gasteiger partial charge in [-0.3, -0.25) is 4.79 Å². The van der Waals surface area contributed by atoms with Crippen molar-refractivity contribution in [1.29, 1.82) is 0 Å². The Morgan fingerprint density at radius 3 is 2.67 bits per heavy atom. The third-order valence-electron chi connectivity index (χ3n) is 3.05. The summed E-state index contributed by atoms with van der Waals surface area (Å²) in [5.74, 6) is 0.129. The summed E-state index contributed by atoms with van der Waals surface area (Å²) in [4.78, 5) is 14.8. The van der Waals surface area contributed by atoms with Gasteiger partial charge < -0.3 is 10.1 Å². The van der Waals surface area contributed by atoms with Crippen LogP contribution in [0.15, 0.2) is 12.1 Å². The van der Waals surface area contributed by atoms with Crippen molar-refractivity contribution in [2.75, 3.05) is 13.1 Å². The fourth-order valence-electron chi connectivity index (χ4n) is 2.26. The van der Waals surface area contributed by atoms with E-state index in [0.717, 1.165) is 13.1 Å². The topological polar surface area (TPSA) is 38.3 Å². The monoisotopic (exact) mass is 267 g/mol. The number of hydrogen-bond donors (Lipinski definition) is 1. The van der Waals surface area contributed by atoms with Gasteiger partial charge in [-0.05, 0) is 39.8 Å². The maximum atomic E-state index is 12.2. The largest absolute Gasteiger partial charge is 0.460 e. The van der Waals surface area contributed by atoms with E-state index >= 15 is 0 Å². The molecule has 0 amide bonds. The Morgan fingerprint density at radius 1 is 1.39 bits per heavy atom. The molecule has 1 N–H and O–H groups in total. The molecule has 0 bridgehead atoms. The molecule has 0 radical (unpaired) electrons. The second-order valence-corrected chi connectivity index (χ2v) is 7.17. The Kier molecular flexibility index (Phi) is 3.78. The average Bonchev–Trinajstić information content (AvgIpc) is 2.81. The van der Waals surface area contributed by atoms with E-state index in [0.29, 0.717) is 0 Å². The first-order valence-electron chi connectivity index (χ1n) is 6.37. The number of thiophene rings is 1. The van der Waals surface area contributed by atoms with Crippen molar-refractivity contribution in [1.82, 2.24) is 5.32 Å². The molecule has 0 aliphatic carbocycles. The van der Waals surface area contributed by atoms with Crippen LogP contribution < -0.4 is 5.32 Å². The molecule has 2 heterocycles. The van der Waals surface area contributed by atoms with Gasteiger partial charge in [-0.1, -0.05) is 0 Å². The second kappa shape index (κ2) is 5.02. The number of carbonyl (C=O) groups excluding carboxylic acids is 1. The van der Waals surface area contributed by atoms with Gasteiger partial charge in [0.15, 0.2) is 0 Å². The fraction of sp³-hybridized carbons (Fsp3) is 0.643. The van der Waals surface area contributed by atoms with E-state index in [-0.39, 0.29) is 17.8 Å². The van der Waals surface area contributed by atoms with E-state index in [4.69, 9.17) is 4.74 Å². The van der Waals surface area contributed by atoms with Crippen LogP contribution in [0.1, 0.15) is 36.4 Å². The molecular formula is C14H21NO2S. The number of nitrogens with one attached hydrogen (secondary N) is 1. The van der Waals surface area contributed by atoms with Crippen molar-refractivity contribution in [3.63, 3.8) is 0 Å². The van der Waals surface area contributed by atoms with Crippen molar-refractivity contribution < 1.29 is 9.53 Å². The lowest BCUT2D eigenvalue weighted by Crippen LogP contribution is -2.31. The quantitative estimate of drug-likeness (QED) is 0.837. The number of aryl methyl sites for hydroxylation is 1. The molecule has 1 aliphatic rings. The summed E-state index contributed by atoms with van der Waals surface area (Å²) in [6.45, 7) is 9.42. The maximum absolute atomic E-state index is 12.2. The summed E-state index contributed by atoms with van der Waals surface area (Å²) >= 11 is 1.78. The van der Waals surface area contributed by atoms with Crippen molar-refractivity contribution in [3.05, 3.63) is 21.9 Å². The van der Waals surface area contributed by atoms with E-state index in [1.165, 1.54) is 9.75 Å². The number of esters is 1. The number of rotatable bonds is 2. The molecule has 1 fully saturated rings. The van der Waals surface area contributed by atoms with E-state index < -0.39 is 5.60 Å². The van der Waals surface area contributed by atoms with Crippen LogP contribution in [0.4, 0.5) is 0 Å². The van der Waals surface area contributed by atoms with Crippen molar-refractivity contribution in [2.24, 2.45) is 5.92 Å². The Labute approximate surface area is 113 Å². The minimum Gasteiger partial charge on any atom is -0.460 e. The predicted octanol–water partition coefficient (Wildman–Crippen LogP) is 2.70. The molecule has 1 aromatic rings. The van der Waals surface area contributed by atoms with Crippen LogP contribution in [0.2, 0.25) is 0 Å². The fourth-order valence-corrected chi connectivity index (χ4v) is 3.30. The first kappa shape index (κ1) is 13.6. The summed E-state index contributed by atoms with van der Waals surface area (Å²) in [6, 6.07) is 4.25. The van der Waals surface area contributed by atoms with E-state index in [2.05, 4.69) is 24.4 Å². The van der Waals surface area contributed by atoms with Gasteiger partial charge in [0.05, 0.1) is 5.92 Å². The molecule has 2 rings (SSSR count). The standard InChI is InChI=1S/C14H21NO2S/c1-9-5-6-12(18-9)10-7-15-8-11(10)13(16)17-14(2,3)4/h5-6,10-11,15H,7-8H2,1-4H3. The third kappa shape index (κ3) is 3.12. The van der Waals surface area contributed by atoms with Gasteiger partial charge >= 0.3 is 5.97 Å². The second-order valence-electron chi connectivity index (χ2n) is 5.85. The van der Waals surface area contributed by atoms with Gasteiger partial charge in [-0.15, -0.1) is 11.3 Å². The molecule has 18 heavy (non-hydrogen) atoms. The summed E-state index contributed by atoms with van der Waals surface area (Å²) in [5.41, 5.74) is -0.407. The first-order chi connectivity index (χ1) is 8.37. The Balaban J connectivity index is 2.10. The van der Waals surface area contributed by atoms with Crippen LogP contribution >= 0.6 is 11.3 Å². The summed E-state index contributed by atoms with van der Waals surface area (Å²) < 4.78 is 5.51. The van der Waals surface area contributed by atoms with Crippen LogP contribution in [0.5, 0.6) is 0 Å². The Bertz CT molecular complexity index is 433. The highest BCUT2D eigenvalue weighted by molar-refractivity contribution is 7.12. The highest BCUT2D eigenvalue weighted by Gasteiger charge is 2.37. The zero-order valence-corrected chi connectivity index (χ0v) is 12.3. The average molecular weight is 267 g/mol. The normalized spacial score (nSPS) is 24.2. The molecule has 0 aromatic carbocycles. The summed E-state index contributed by atoms with van der Waals surface area (Å²) in [5, 5.41) is 3.30. The molecular weight excluding hydrogens is 246 g/mol. The van der Waals surface area contributed by atoms with Gasteiger partial charge in [0.2, 0.25) is 0 Å². The summed E-state index contributed by atoms with van der Waals surface area (Å²) in [6.07, 6.45) is 0. The number of hydrogen-bond acceptors (Lipinski definition) is 4. The van der Waals surface area contributed by atoms with Crippen LogP contribution in [-0.4, -0.2) is 24.7 Å². The molecule has 3 nitrogen and oxygen atoms in total. The van der Waals surface area contributed by atoms with Crippen LogP contribution in [-0.2, 0) is 9.53 Å². The summed E-state index contributed by atoms with van der Waals surface area (Å²) in [7, 11) is 0. The van der Waals surface area contributed by atoms with Crippen LogP contribution in [0, 0.1) is 12.8 Å². The Hall–Kier alpha value is -0.870. The molecule has 100 valence electrons. The maximum Gasteiger partial charge on any atom is 0.311 e. The smallest absolute Gasteiger partial charge is 0.311 e. The molecule has 0 spiro atoms. The molecule has 2 unspecified atom stereocenters. The molecule has 0 saturated carbocycles. The molecule has 4 heteroatoms. The zero-order valence-electron chi connectivity index (χ0n) is 11.4. The SMILES string of the molecule is Cc1ccc(C2CNCC2C(=O)OC(C)(C)C)s1. The van der Waals surface area contributed by atoms with Crippen molar-refractivity contribution in [3.8, 4) is 0 Å². The minimum absolute atomic E-state index is 0.0534. The lowest BCUT2D eigenvalue weighted by molar-refractivity contribution is -0.159. The molecule has 1 saturated heterocycles. The van der Waals surface area contributed by atoms with Gasteiger partial charge in [-0.25, -0.2) is 0 Å². The molecule has 1 aliphatic heterocycles. The Morgan fingerprint density at radius 2 is 2.11 bits per heavy atom. The van der Waals surface area contributed by atoms with Crippen LogP contribution in [0.25, 0.3) is 0 Å².